The molecule has 1 saturated carbocycles. The quantitative estimate of drug-likeness (QED) is 0.189. The van der Waals surface area contributed by atoms with E-state index in [4.69, 9.17) is 0 Å². The fourth-order valence-electron chi connectivity index (χ4n) is 15.5. The second-order valence-electron chi connectivity index (χ2n) is 29.0. The maximum absolute atomic E-state index is 2.94. The number of fused-ring (bicyclic) bond motifs is 7. The van der Waals surface area contributed by atoms with E-state index in [-0.39, 0.29) is 50.7 Å². The highest BCUT2D eigenvalue weighted by Crippen LogP contribution is 2.62. The van der Waals surface area contributed by atoms with Crippen LogP contribution in [-0.2, 0) is 27.1 Å². The van der Waals surface area contributed by atoms with Crippen LogP contribution in [0.15, 0.2) is 136 Å². The molecule has 0 saturated heterocycles. The maximum Gasteiger partial charge on any atom is 0.247 e. The molecule has 0 N–H and O–H groups in total. The van der Waals surface area contributed by atoms with Crippen LogP contribution in [0.1, 0.15) is 196 Å². The Morgan fingerprint density at radius 2 is 1.21 bits per heavy atom. The minimum Gasteiger partial charge on any atom is -0.338 e. The van der Waals surface area contributed by atoms with Crippen LogP contribution in [0.3, 0.4) is 0 Å². The lowest BCUT2D eigenvalue weighted by molar-refractivity contribution is 0.121. The largest absolute Gasteiger partial charge is 0.338 e. The molecule has 1 fully saturated rings. The molecular weight excluding hydrogens is 856 g/mol. The maximum atomic E-state index is 2.94. The minimum atomic E-state index is 0.0170. The molecule has 2 unspecified atom stereocenters. The van der Waals surface area contributed by atoms with Gasteiger partial charge in [-0.15, -0.1) is 0 Å². The lowest BCUT2D eigenvalue weighted by atomic mass is 9.30. The van der Waals surface area contributed by atoms with Crippen LogP contribution in [0, 0.1) is 16.7 Å². The summed E-state index contributed by atoms with van der Waals surface area (Å²) in [7, 11) is 0. The fraction of sp³-hybridized carbons (Fsp3) is 0.500. The zero-order chi connectivity index (χ0) is 50.3. The first-order valence-electron chi connectivity index (χ1n) is 27.9. The Bertz CT molecular complexity index is 3130. The van der Waals surface area contributed by atoms with Crippen LogP contribution in [0.4, 0.5) is 17.1 Å². The standard InChI is InChI=1S/C68H83BN2/c1-41-32-57-61-58(33-41)71(55-25-22-44(62(2,3)4)36-46(55)42-20-18-17-19-21-42)59-35-43-34-49-51(66(11,12)29-28-64(49,7)8)38-47(43)60(59)69(61)54-39-52-53(68(15,16)31-30-67(52,13)14)40-56(54)70(57)45-23-24-48-50(37-45)65(9,10)27-26-63(48,5)6/h17-25,32,36-40,49,58H,26-31,33-35H2,1-16H3. The molecule has 0 bridgehead atoms. The Morgan fingerprint density at radius 1 is 0.592 bits per heavy atom. The van der Waals surface area contributed by atoms with Gasteiger partial charge in [0.1, 0.15) is 0 Å². The van der Waals surface area contributed by atoms with Gasteiger partial charge in [0.2, 0.25) is 6.71 Å². The second kappa shape index (κ2) is 15.2. The molecule has 0 amide bonds. The molecule has 0 radical (unpaired) electrons. The van der Waals surface area contributed by atoms with E-state index in [9.17, 15) is 0 Å². The molecule has 2 aliphatic heterocycles. The predicted octanol–water partition coefficient (Wildman–Crippen LogP) is 17.5. The lowest BCUT2D eigenvalue weighted by Gasteiger charge is -2.52. The van der Waals surface area contributed by atoms with Crippen molar-refractivity contribution in [1.29, 1.82) is 0 Å². The predicted molar refractivity (Wildman–Crippen MR) is 305 cm³/mol. The number of hydrogen-bond acceptors (Lipinski definition) is 2. The summed E-state index contributed by atoms with van der Waals surface area (Å²) in [6, 6.07) is 32.3. The molecule has 12 rings (SSSR count). The van der Waals surface area contributed by atoms with Crippen molar-refractivity contribution >= 4 is 29.2 Å². The molecular formula is C68H83BN2. The topological polar surface area (TPSA) is 6.48 Å². The third kappa shape index (κ3) is 7.06. The highest BCUT2D eigenvalue weighted by molar-refractivity contribution is 6.89. The summed E-state index contributed by atoms with van der Waals surface area (Å²) in [5, 5.41) is 0. The van der Waals surface area contributed by atoms with Crippen LogP contribution in [0.25, 0.3) is 11.1 Å². The van der Waals surface area contributed by atoms with Gasteiger partial charge in [0.05, 0.1) is 6.04 Å². The highest BCUT2D eigenvalue weighted by atomic mass is 15.2. The lowest BCUT2D eigenvalue weighted by Crippen LogP contribution is -2.57. The molecule has 6 aliphatic carbocycles. The molecule has 4 aromatic carbocycles. The van der Waals surface area contributed by atoms with Gasteiger partial charge >= 0.3 is 0 Å². The summed E-state index contributed by atoms with van der Waals surface area (Å²) in [4.78, 5) is 5.74. The van der Waals surface area contributed by atoms with Crippen molar-refractivity contribution in [3.8, 4) is 11.1 Å². The van der Waals surface area contributed by atoms with Crippen LogP contribution in [-0.4, -0.2) is 12.8 Å². The summed E-state index contributed by atoms with van der Waals surface area (Å²) < 4.78 is 0. The van der Waals surface area contributed by atoms with Crippen LogP contribution >= 0.6 is 0 Å². The first-order valence-corrected chi connectivity index (χ1v) is 27.9. The molecule has 71 heavy (non-hydrogen) atoms. The number of rotatable bonds is 3. The third-order valence-corrected chi connectivity index (χ3v) is 20.5. The average molecular weight is 939 g/mol. The Kier molecular flexibility index (Phi) is 10.1. The van der Waals surface area contributed by atoms with Crippen LogP contribution in [0.5, 0.6) is 0 Å². The van der Waals surface area contributed by atoms with E-state index in [2.05, 4.69) is 212 Å². The molecule has 0 spiro atoms. The van der Waals surface area contributed by atoms with E-state index >= 15 is 0 Å². The monoisotopic (exact) mass is 939 g/mol. The van der Waals surface area contributed by atoms with Crippen molar-refractivity contribution in [3.05, 3.63) is 163 Å². The van der Waals surface area contributed by atoms with Crippen molar-refractivity contribution in [3.63, 3.8) is 0 Å². The minimum absolute atomic E-state index is 0.0170. The van der Waals surface area contributed by atoms with Gasteiger partial charge in [0.25, 0.3) is 0 Å². The van der Waals surface area contributed by atoms with E-state index in [1.54, 1.807) is 44.5 Å². The number of allylic oxidation sites excluding steroid dienone is 6. The van der Waals surface area contributed by atoms with Gasteiger partial charge in [-0.3, -0.25) is 0 Å². The first-order chi connectivity index (χ1) is 33.2. The van der Waals surface area contributed by atoms with Gasteiger partial charge in [-0.05, 0) is 194 Å². The van der Waals surface area contributed by atoms with Gasteiger partial charge in [0.15, 0.2) is 0 Å². The highest BCUT2D eigenvalue weighted by Gasteiger charge is 2.55. The second-order valence-corrected chi connectivity index (χ2v) is 29.0. The zero-order valence-electron chi connectivity index (χ0n) is 46.7. The average Bonchev–Trinajstić information content (AvgIpc) is 3.68. The Balaban J connectivity index is 1.19. The van der Waals surface area contributed by atoms with E-state index in [0.29, 0.717) is 5.92 Å². The Hall–Kier alpha value is -4.76. The molecule has 8 aliphatic rings. The SMILES string of the molecule is CC1=CC2=C3B(C4=C(CC5=C4C=C4C(C5)C(C)(C)CCC4(C)C)N(c4ccc(C(C)(C)C)cc4-c4ccccc4)C3C1)c1cc3c(cc1N2c1ccc2c(c1)C(C)(C)CCC2(C)C)C(C)(C)CCC3(C)C. The van der Waals surface area contributed by atoms with Crippen LogP contribution in [0.2, 0.25) is 0 Å². The molecule has 2 atom stereocenters. The number of nitrogens with zero attached hydrogens (tertiary/aromatic N) is 2. The van der Waals surface area contributed by atoms with Crippen molar-refractivity contribution < 1.29 is 0 Å². The van der Waals surface area contributed by atoms with Crippen molar-refractivity contribution in [2.45, 2.75) is 202 Å². The van der Waals surface area contributed by atoms with E-state index in [0.717, 1.165) is 12.8 Å². The summed E-state index contributed by atoms with van der Waals surface area (Å²) in [6.07, 6.45) is 16.0. The Morgan fingerprint density at radius 3 is 1.87 bits per heavy atom. The molecule has 4 aromatic rings. The van der Waals surface area contributed by atoms with Crippen molar-refractivity contribution in [2.24, 2.45) is 16.7 Å². The molecule has 3 heteroatoms. The zero-order valence-corrected chi connectivity index (χ0v) is 46.7. The van der Waals surface area contributed by atoms with Gasteiger partial charge in [0, 0.05) is 40.4 Å². The molecule has 2 heterocycles. The van der Waals surface area contributed by atoms with Gasteiger partial charge in [-0.1, -0.05) is 175 Å². The van der Waals surface area contributed by atoms with Gasteiger partial charge < -0.3 is 9.80 Å². The van der Waals surface area contributed by atoms with E-state index in [1.165, 1.54) is 107 Å². The Labute approximate surface area is 430 Å². The first kappa shape index (κ1) is 47.3. The van der Waals surface area contributed by atoms with E-state index in [1.807, 2.05) is 0 Å². The van der Waals surface area contributed by atoms with Crippen molar-refractivity contribution in [2.75, 3.05) is 9.80 Å². The number of anilines is 3. The summed E-state index contributed by atoms with van der Waals surface area (Å²) in [6.45, 7) is 40.1. The molecule has 368 valence electrons. The van der Waals surface area contributed by atoms with E-state index < -0.39 is 0 Å². The van der Waals surface area contributed by atoms with Crippen molar-refractivity contribution in [1.82, 2.24) is 0 Å². The third-order valence-electron chi connectivity index (χ3n) is 20.5. The summed E-state index contributed by atoms with van der Waals surface area (Å²) in [5.74, 6) is 0.564. The molecule has 2 nitrogen and oxygen atoms in total. The molecule has 0 aromatic heterocycles. The van der Waals surface area contributed by atoms with Gasteiger partial charge in [-0.2, -0.15) is 0 Å². The summed E-state index contributed by atoms with van der Waals surface area (Å²) >= 11 is 0. The summed E-state index contributed by atoms with van der Waals surface area (Å²) in [5.41, 5.74) is 29.3. The number of hydrogen-bond donors (Lipinski definition) is 0. The normalized spacial score (nSPS) is 25.8. The van der Waals surface area contributed by atoms with Crippen LogP contribution < -0.4 is 15.3 Å². The van der Waals surface area contributed by atoms with Gasteiger partial charge in [-0.25, -0.2) is 0 Å². The fourth-order valence-corrected chi connectivity index (χ4v) is 15.5. The number of benzene rings is 4. The smallest absolute Gasteiger partial charge is 0.247 e.